The molecule has 0 fully saturated rings. The molecule has 4 nitrogen and oxygen atoms in total. The van der Waals surface area contributed by atoms with Crippen molar-refractivity contribution in [1.82, 2.24) is 5.32 Å². The van der Waals surface area contributed by atoms with Crippen LogP contribution in [0.15, 0.2) is 24.3 Å². The van der Waals surface area contributed by atoms with E-state index in [4.69, 9.17) is 14.2 Å². The zero-order valence-electron chi connectivity index (χ0n) is 12.9. The molecule has 0 aromatic heterocycles. The van der Waals surface area contributed by atoms with E-state index in [2.05, 4.69) is 43.4 Å². The summed E-state index contributed by atoms with van der Waals surface area (Å²) < 4.78 is 15.8. The Balaban J connectivity index is 2.12. The van der Waals surface area contributed by atoms with Crippen LogP contribution >= 0.6 is 0 Å². The normalized spacial score (nSPS) is 11.2. The van der Waals surface area contributed by atoms with Gasteiger partial charge >= 0.3 is 0 Å². The van der Waals surface area contributed by atoms with Crippen molar-refractivity contribution in [2.45, 2.75) is 33.0 Å². The third kappa shape index (κ3) is 8.27. The Morgan fingerprint density at radius 2 is 1.50 bits per heavy atom. The van der Waals surface area contributed by atoms with Gasteiger partial charge in [-0.1, -0.05) is 38.1 Å². The number of hydrogen-bond donors (Lipinski definition) is 1. The van der Waals surface area contributed by atoms with Gasteiger partial charge in [-0.3, -0.25) is 0 Å². The minimum absolute atomic E-state index is 0.510. The third-order valence-electron chi connectivity index (χ3n) is 2.81. The molecule has 1 aromatic rings. The second kappa shape index (κ2) is 10.8. The average molecular weight is 281 g/mol. The highest BCUT2D eigenvalue weighted by molar-refractivity contribution is 5.21. The zero-order chi connectivity index (χ0) is 14.6. The fourth-order valence-corrected chi connectivity index (χ4v) is 1.63. The van der Waals surface area contributed by atoms with Crippen molar-refractivity contribution in [2.24, 2.45) is 0 Å². The van der Waals surface area contributed by atoms with Gasteiger partial charge in [0.05, 0.1) is 33.0 Å². The Morgan fingerprint density at radius 3 is 2.15 bits per heavy atom. The number of methoxy groups -OCH3 is 1. The minimum atomic E-state index is 0.510. The largest absolute Gasteiger partial charge is 0.382 e. The van der Waals surface area contributed by atoms with Crippen LogP contribution in [0.1, 0.15) is 25.0 Å². The van der Waals surface area contributed by atoms with Gasteiger partial charge in [0.15, 0.2) is 0 Å². The highest BCUT2D eigenvalue weighted by Crippen LogP contribution is 2.06. The maximum absolute atomic E-state index is 5.56. The lowest BCUT2D eigenvalue weighted by Crippen LogP contribution is -2.21. The molecule has 0 unspecified atom stereocenters. The Bertz CT molecular complexity index is 338. The molecular weight excluding hydrogens is 254 g/mol. The van der Waals surface area contributed by atoms with Crippen LogP contribution in [0.3, 0.4) is 0 Å². The van der Waals surface area contributed by atoms with Crippen LogP contribution in [0.4, 0.5) is 0 Å². The molecule has 4 heteroatoms. The fraction of sp³-hybridized carbons (Fsp3) is 0.625. The van der Waals surface area contributed by atoms with Gasteiger partial charge in [0.2, 0.25) is 0 Å². The van der Waals surface area contributed by atoms with E-state index in [0.717, 1.165) is 6.54 Å². The van der Waals surface area contributed by atoms with Crippen molar-refractivity contribution in [3.63, 3.8) is 0 Å². The molecule has 0 bridgehead atoms. The molecule has 0 saturated heterocycles. The SMILES string of the molecule is COCCOCCOCc1ccc(CNC(C)C)cc1. The van der Waals surface area contributed by atoms with E-state index in [1.165, 1.54) is 11.1 Å². The second-order valence-corrected chi connectivity index (χ2v) is 5.01. The molecule has 0 saturated carbocycles. The quantitative estimate of drug-likeness (QED) is 0.632. The van der Waals surface area contributed by atoms with E-state index in [1.807, 2.05) is 0 Å². The molecule has 1 rings (SSSR count). The average Bonchev–Trinajstić information content (AvgIpc) is 2.45. The number of rotatable bonds is 11. The summed E-state index contributed by atoms with van der Waals surface area (Å²) in [7, 11) is 1.67. The predicted octanol–water partition coefficient (Wildman–Crippen LogP) is 2.36. The molecule has 20 heavy (non-hydrogen) atoms. The van der Waals surface area contributed by atoms with Crippen molar-refractivity contribution in [3.8, 4) is 0 Å². The van der Waals surface area contributed by atoms with E-state index in [-0.39, 0.29) is 0 Å². The van der Waals surface area contributed by atoms with E-state index >= 15 is 0 Å². The van der Waals surface area contributed by atoms with Crippen LogP contribution in [0.25, 0.3) is 0 Å². The van der Waals surface area contributed by atoms with Crippen LogP contribution < -0.4 is 5.32 Å². The van der Waals surface area contributed by atoms with Gasteiger partial charge in [-0.2, -0.15) is 0 Å². The predicted molar refractivity (Wildman–Crippen MR) is 80.8 cm³/mol. The first-order chi connectivity index (χ1) is 9.72. The molecule has 114 valence electrons. The van der Waals surface area contributed by atoms with Crippen molar-refractivity contribution in [3.05, 3.63) is 35.4 Å². The molecular formula is C16H27NO3. The fourth-order valence-electron chi connectivity index (χ4n) is 1.63. The van der Waals surface area contributed by atoms with Crippen molar-refractivity contribution in [2.75, 3.05) is 33.5 Å². The summed E-state index contributed by atoms with van der Waals surface area (Å²) in [5.41, 5.74) is 2.49. The highest BCUT2D eigenvalue weighted by atomic mass is 16.5. The molecule has 0 aliphatic rings. The lowest BCUT2D eigenvalue weighted by molar-refractivity contribution is 0.0199. The van der Waals surface area contributed by atoms with Gasteiger partial charge < -0.3 is 19.5 Å². The van der Waals surface area contributed by atoms with E-state index in [1.54, 1.807) is 7.11 Å². The number of benzene rings is 1. The van der Waals surface area contributed by atoms with Crippen LogP contribution in [-0.2, 0) is 27.4 Å². The van der Waals surface area contributed by atoms with Crippen molar-refractivity contribution in [1.29, 1.82) is 0 Å². The summed E-state index contributed by atoms with van der Waals surface area (Å²) >= 11 is 0. The van der Waals surface area contributed by atoms with Crippen molar-refractivity contribution >= 4 is 0 Å². The molecule has 1 aromatic carbocycles. The lowest BCUT2D eigenvalue weighted by Gasteiger charge is -2.09. The monoisotopic (exact) mass is 281 g/mol. The number of nitrogens with one attached hydrogen (secondary N) is 1. The summed E-state index contributed by atoms with van der Waals surface area (Å²) in [6.45, 7) is 8.31. The van der Waals surface area contributed by atoms with Gasteiger partial charge in [0.25, 0.3) is 0 Å². The Kier molecular flexibility index (Phi) is 9.24. The molecule has 0 spiro atoms. The highest BCUT2D eigenvalue weighted by Gasteiger charge is 1.97. The molecule has 0 aliphatic carbocycles. The molecule has 0 heterocycles. The zero-order valence-corrected chi connectivity index (χ0v) is 12.9. The van der Waals surface area contributed by atoms with Crippen LogP contribution in [-0.4, -0.2) is 39.6 Å². The lowest BCUT2D eigenvalue weighted by atomic mass is 10.1. The molecule has 1 N–H and O–H groups in total. The Morgan fingerprint density at radius 1 is 0.900 bits per heavy atom. The Hall–Kier alpha value is -0.940. The molecule has 0 atom stereocenters. The number of ether oxygens (including phenoxy) is 3. The summed E-state index contributed by atoms with van der Waals surface area (Å²) in [6, 6.07) is 9.02. The summed E-state index contributed by atoms with van der Waals surface area (Å²) in [5.74, 6) is 0. The second-order valence-electron chi connectivity index (χ2n) is 5.01. The van der Waals surface area contributed by atoms with Crippen LogP contribution in [0.5, 0.6) is 0 Å². The summed E-state index contributed by atoms with van der Waals surface area (Å²) in [5, 5.41) is 3.40. The Labute approximate surface area is 122 Å². The summed E-state index contributed by atoms with van der Waals surface area (Å²) in [4.78, 5) is 0. The molecule has 0 aliphatic heterocycles. The maximum atomic E-state index is 5.56. The first kappa shape index (κ1) is 17.1. The van der Waals surface area contributed by atoms with Crippen LogP contribution in [0, 0.1) is 0 Å². The molecule has 0 radical (unpaired) electrons. The van der Waals surface area contributed by atoms with Gasteiger partial charge in [-0.05, 0) is 11.1 Å². The van der Waals surface area contributed by atoms with Gasteiger partial charge in [-0.15, -0.1) is 0 Å². The smallest absolute Gasteiger partial charge is 0.0718 e. The maximum Gasteiger partial charge on any atom is 0.0718 e. The van der Waals surface area contributed by atoms with Gasteiger partial charge in [0.1, 0.15) is 0 Å². The molecule has 0 amide bonds. The standard InChI is InChI=1S/C16H27NO3/c1-14(2)17-12-15-4-6-16(7-5-15)13-20-11-10-19-9-8-18-3/h4-7,14,17H,8-13H2,1-3H3. The van der Waals surface area contributed by atoms with Crippen molar-refractivity contribution < 1.29 is 14.2 Å². The first-order valence-electron chi connectivity index (χ1n) is 7.18. The number of hydrogen-bond acceptors (Lipinski definition) is 4. The first-order valence-corrected chi connectivity index (χ1v) is 7.18. The van der Waals surface area contributed by atoms with E-state index in [0.29, 0.717) is 39.1 Å². The van der Waals surface area contributed by atoms with Gasteiger partial charge in [-0.25, -0.2) is 0 Å². The van der Waals surface area contributed by atoms with E-state index in [9.17, 15) is 0 Å². The topological polar surface area (TPSA) is 39.7 Å². The minimum Gasteiger partial charge on any atom is -0.382 e. The van der Waals surface area contributed by atoms with E-state index < -0.39 is 0 Å². The van der Waals surface area contributed by atoms with Crippen LogP contribution in [0.2, 0.25) is 0 Å². The third-order valence-corrected chi connectivity index (χ3v) is 2.81. The van der Waals surface area contributed by atoms with Gasteiger partial charge in [0, 0.05) is 19.7 Å². The summed E-state index contributed by atoms with van der Waals surface area (Å²) in [6.07, 6.45) is 0.